The molecule has 0 heterocycles. The summed E-state index contributed by atoms with van der Waals surface area (Å²) in [5.41, 5.74) is 0.472. The van der Waals surface area contributed by atoms with Crippen molar-refractivity contribution in [1.82, 2.24) is 0 Å². The van der Waals surface area contributed by atoms with Crippen LogP contribution in [-0.4, -0.2) is 24.8 Å². The van der Waals surface area contributed by atoms with Gasteiger partial charge >= 0.3 is 5.97 Å². The van der Waals surface area contributed by atoms with Crippen molar-refractivity contribution in [2.24, 2.45) is 5.16 Å². The topological polar surface area (TPSA) is 65.0 Å². The van der Waals surface area contributed by atoms with Gasteiger partial charge in [-0.25, -0.2) is 4.79 Å². The molecule has 144 valence electrons. The minimum Gasteiger partial charge on any atom is -0.479 e. The van der Waals surface area contributed by atoms with Crippen LogP contribution in [0, 0.1) is 0 Å². The first-order chi connectivity index (χ1) is 12.8. The number of unbranched alkanes of at least 4 members (excludes halogenated alkanes) is 8. The summed E-state index contributed by atoms with van der Waals surface area (Å²) in [4.78, 5) is 27.1. The molecule has 26 heavy (non-hydrogen) atoms. The quantitative estimate of drug-likeness (QED) is 0.113. The maximum atomic E-state index is 11.9. The van der Waals surface area contributed by atoms with Gasteiger partial charge in [-0.05, 0) is 37.1 Å². The molecule has 1 aromatic carbocycles. The molecule has 0 fully saturated rings. The zero-order chi connectivity index (χ0) is 18.9. The molecule has 0 bridgehead atoms. The predicted octanol–water partition coefficient (Wildman–Crippen LogP) is 5.29. The van der Waals surface area contributed by atoms with Crippen LogP contribution in [0.4, 0.5) is 0 Å². The molecule has 0 aromatic heterocycles. The number of hydrogen-bond acceptors (Lipinski definition) is 5. The highest BCUT2D eigenvalue weighted by Gasteiger charge is 2.08. The molecule has 0 unspecified atom stereocenters. The van der Waals surface area contributed by atoms with E-state index in [0.717, 1.165) is 32.0 Å². The monoisotopic (exact) mass is 361 g/mol. The smallest absolute Gasteiger partial charge is 0.365 e. The molecule has 0 N–H and O–H groups in total. The number of nitrogens with zero attached hydrogens (tertiary/aromatic N) is 1. The van der Waals surface area contributed by atoms with Gasteiger partial charge in [0, 0.05) is 12.8 Å². The first-order valence-corrected chi connectivity index (χ1v) is 9.67. The fraction of sp³-hybridized carbons (Fsp3) is 0.571. The largest absolute Gasteiger partial charge is 0.479 e. The molecule has 0 atom stereocenters. The van der Waals surface area contributed by atoms with Crippen LogP contribution in [0.2, 0.25) is 0 Å². The summed E-state index contributed by atoms with van der Waals surface area (Å²) >= 11 is 0. The predicted molar refractivity (Wildman–Crippen MR) is 103 cm³/mol. The number of carbonyl (C=O) groups is 2. The van der Waals surface area contributed by atoms with Crippen LogP contribution in [0.25, 0.3) is 0 Å². The van der Waals surface area contributed by atoms with E-state index in [0.29, 0.717) is 30.9 Å². The number of hydrogen-bond donors (Lipinski definition) is 0. The van der Waals surface area contributed by atoms with Gasteiger partial charge in [-0.3, -0.25) is 0 Å². The standard InChI is InChI=1S/C21H31NO4/c1-2-25-20(22-26-21(24)19-15-11-10-12-16-19)17-13-8-6-4-3-5-7-9-14-18-23/h10-12,15-16,18H,2-9,13-14,17H2,1H3. The van der Waals surface area contributed by atoms with Crippen LogP contribution in [0.3, 0.4) is 0 Å². The zero-order valence-electron chi connectivity index (χ0n) is 15.8. The van der Waals surface area contributed by atoms with E-state index < -0.39 is 5.97 Å². The van der Waals surface area contributed by atoms with Crippen LogP contribution in [-0.2, 0) is 14.4 Å². The van der Waals surface area contributed by atoms with E-state index in [9.17, 15) is 9.59 Å². The minimum atomic E-state index is -0.475. The fourth-order valence-corrected chi connectivity index (χ4v) is 2.59. The Balaban J connectivity index is 2.18. The normalized spacial score (nSPS) is 11.2. The van der Waals surface area contributed by atoms with Gasteiger partial charge in [-0.15, -0.1) is 0 Å². The Morgan fingerprint density at radius 1 is 0.962 bits per heavy atom. The SMILES string of the molecule is CCOC(CCCCCCCCCCC=O)=NOC(=O)c1ccccc1. The molecule has 0 saturated heterocycles. The molecule has 5 heteroatoms. The van der Waals surface area contributed by atoms with Crippen LogP contribution in [0.1, 0.15) is 81.5 Å². The lowest BCUT2D eigenvalue weighted by molar-refractivity contribution is -0.107. The maximum absolute atomic E-state index is 11.9. The molecule has 0 amide bonds. The number of ether oxygens (including phenoxy) is 1. The third-order valence-corrected chi connectivity index (χ3v) is 4.01. The molecule has 0 aliphatic carbocycles. The van der Waals surface area contributed by atoms with E-state index in [2.05, 4.69) is 5.16 Å². The van der Waals surface area contributed by atoms with E-state index in [1.54, 1.807) is 24.3 Å². The molecular weight excluding hydrogens is 330 g/mol. The first-order valence-electron chi connectivity index (χ1n) is 9.67. The highest BCUT2D eigenvalue weighted by Crippen LogP contribution is 2.11. The van der Waals surface area contributed by atoms with E-state index in [-0.39, 0.29) is 0 Å². The summed E-state index contributed by atoms with van der Waals surface area (Å²) in [5, 5.41) is 3.88. The number of benzene rings is 1. The van der Waals surface area contributed by atoms with Gasteiger partial charge < -0.3 is 14.4 Å². The lowest BCUT2D eigenvalue weighted by atomic mass is 10.1. The second-order valence-corrected chi connectivity index (χ2v) is 6.20. The Morgan fingerprint density at radius 3 is 2.19 bits per heavy atom. The van der Waals surface area contributed by atoms with Gasteiger partial charge in [0.1, 0.15) is 6.29 Å². The molecule has 0 spiro atoms. The molecule has 1 aromatic rings. The Morgan fingerprint density at radius 2 is 1.58 bits per heavy atom. The molecule has 0 aliphatic heterocycles. The average Bonchev–Trinajstić information content (AvgIpc) is 2.67. The van der Waals surface area contributed by atoms with Crippen molar-refractivity contribution in [2.75, 3.05) is 6.61 Å². The second kappa shape index (κ2) is 15.1. The van der Waals surface area contributed by atoms with Crippen molar-refractivity contribution in [3.05, 3.63) is 35.9 Å². The number of aldehydes is 1. The van der Waals surface area contributed by atoms with Gasteiger partial charge in [0.25, 0.3) is 0 Å². The lowest BCUT2D eigenvalue weighted by Crippen LogP contribution is -2.08. The Labute approximate surface area is 156 Å². The van der Waals surface area contributed by atoms with Crippen molar-refractivity contribution in [3.8, 4) is 0 Å². The average molecular weight is 361 g/mol. The number of oxime groups is 1. The van der Waals surface area contributed by atoms with Gasteiger partial charge in [-0.2, -0.15) is 0 Å². The molecule has 0 saturated carbocycles. The van der Waals surface area contributed by atoms with Crippen molar-refractivity contribution in [1.29, 1.82) is 0 Å². The number of carbonyl (C=O) groups excluding carboxylic acids is 2. The van der Waals surface area contributed by atoms with Gasteiger partial charge in [0.2, 0.25) is 5.90 Å². The van der Waals surface area contributed by atoms with E-state index in [1.807, 2.05) is 13.0 Å². The summed E-state index contributed by atoms with van der Waals surface area (Å²) in [5.74, 6) is 0.00280. The van der Waals surface area contributed by atoms with Crippen LogP contribution < -0.4 is 0 Å². The third kappa shape index (κ3) is 10.6. The van der Waals surface area contributed by atoms with Gasteiger partial charge in [0.15, 0.2) is 0 Å². The van der Waals surface area contributed by atoms with E-state index >= 15 is 0 Å². The van der Waals surface area contributed by atoms with Crippen molar-refractivity contribution >= 4 is 18.2 Å². The summed E-state index contributed by atoms with van der Waals surface area (Å²) in [6.07, 6.45) is 11.4. The summed E-state index contributed by atoms with van der Waals surface area (Å²) in [6, 6.07) is 8.79. The molecule has 0 aliphatic rings. The third-order valence-electron chi connectivity index (χ3n) is 4.01. The van der Waals surface area contributed by atoms with Crippen molar-refractivity contribution < 1.29 is 19.2 Å². The summed E-state index contributed by atoms with van der Waals surface area (Å²) in [7, 11) is 0. The summed E-state index contributed by atoms with van der Waals surface area (Å²) in [6.45, 7) is 2.39. The molecule has 0 radical (unpaired) electrons. The van der Waals surface area contributed by atoms with Crippen LogP contribution >= 0.6 is 0 Å². The Bertz CT molecular complexity index is 528. The van der Waals surface area contributed by atoms with E-state index in [4.69, 9.17) is 9.57 Å². The number of rotatable bonds is 14. The second-order valence-electron chi connectivity index (χ2n) is 6.20. The Kier molecular flexibility index (Phi) is 12.7. The summed E-state index contributed by atoms with van der Waals surface area (Å²) < 4.78 is 5.46. The zero-order valence-corrected chi connectivity index (χ0v) is 15.8. The maximum Gasteiger partial charge on any atom is 0.365 e. The van der Waals surface area contributed by atoms with Gasteiger partial charge in [0.05, 0.1) is 12.2 Å². The fourth-order valence-electron chi connectivity index (χ4n) is 2.59. The molecule has 5 nitrogen and oxygen atoms in total. The minimum absolute atomic E-state index is 0.472. The van der Waals surface area contributed by atoms with Gasteiger partial charge in [-0.1, -0.05) is 56.7 Å². The lowest BCUT2D eigenvalue weighted by Gasteiger charge is -2.07. The van der Waals surface area contributed by atoms with Crippen molar-refractivity contribution in [3.63, 3.8) is 0 Å². The highest BCUT2D eigenvalue weighted by molar-refractivity contribution is 5.89. The highest BCUT2D eigenvalue weighted by atomic mass is 16.7. The Hall–Kier alpha value is -2.17. The molecule has 1 rings (SSSR count). The first kappa shape index (κ1) is 21.9. The molecular formula is C21H31NO4. The van der Waals surface area contributed by atoms with Crippen molar-refractivity contribution in [2.45, 2.75) is 71.1 Å². The van der Waals surface area contributed by atoms with Crippen LogP contribution in [0.15, 0.2) is 35.5 Å². The van der Waals surface area contributed by atoms with E-state index in [1.165, 1.54) is 25.7 Å². The van der Waals surface area contributed by atoms with Crippen LogP contribution in [0.5, 0.6) is 0 Å².